The van der Waals surface area contributed by atoms with Gasteiger partial charge in [-0.25, -0.2) is 0 Å². The van der Waals surface area contributed by atoms with Crippen molar-refractivity contribution in [3.05, 3.63) is 30.3 Å². The Bertz CT molecular complexity index is 352. The maximum atomic E-state index is 10.9. The van der Waals surface area contributed by atoms with Gasteiger partial charge in [0.05, 0.1) is 0 Å². The molecule has 0 heterocycles. The van der Waals surface area contributed by atoms with Crippen LogP contribution in [-0.2, 0) is 4.79 Å². The fourth-order valence-electron chi connectivity index (χ4n) is 1.74. The summed E-state index contributed by atoms with van der Waals surface area (Å²) in [5, 5.41) is 15.4. The molecule has 0 aromatic heterocycles. The average Bonchev–Trinajstić information content (AvgIpc) is 2.34. The highest BCUT2D eigenvalue weighted by molar-refractivity contribution is 5.73. The molecular weight excluding hydrogens is 228 g/mol. The van der Waals surface area contributed by atoms with Crippen molar-refractivity contribution >= 4 is 11.7 Å². The van der Waals surface area contributed by atoms with Crippen molar-refractivity contribution < 1.29 is 9.90 Å². The van der Waals surface area contributed by atoms with E-state index in [9.17, 15) is 4.79 Å². The minimum Gasteiger partial charge on any atom is -0.480 e. The smallest absolute Gasteiger partial charge is 0.320 e. The first-order valence-electron chi connectivity index (χ1n) is 6.36. The largest absolute Gasteiger partial charge is 0.480 e. The summed E-state index contributed by atoms with van der Waals surface area (Å²) < 4.78 is 0. The number of rotatable bonds is 8. The van der Waals surface area contributed by atoms with Crippen LogP contribution in [0.25, 0.3) is 0 Å². The minimum absolute atomic E-state index is 0.101. The van der Waals surface area contributed by atoms with Gasteiger partial charge in [-0.15, -0.1) is 0 Å². The van der Waals surface area contributed by atoms with E-state index in [-0.39, 0.29) is 5.92 Å². The second-order valence-corrected chi connectivity index (χ2v) is 4.66. The van der Waals surface area contributed by atoms with Crippen LogP contribution in [-0.4, -0.2) is 30.2 Å². The van der Waals surface area contributed by atoms with Gasteiger partial charge < -0.3 is 15.7 Å². The predicted molar refractivity (Wildman–Crippen MR) is 73.8 cm³/mol. The van der Waals surface area contributed by atoms with Crippen molar-refractivity contribution in [2.45, 2.75) is 26.3 Å². The Labute approximate surface area is 108 Å². The summed E-state index contributed by atoms with van der Waals surface area (Å²) in [6.07, 6.45) is 0.894. The minimum atomic E-state index is -0.777. The van der Waals surface area contributed by atoms with Crippen LogP contribution in [0, 0.1) is 5.92 Å². The van der Waals surface area contributed by atoms with Crippen LogP contribution in [0.4, 0.5) is 5.69 Å². The molecule has 4 nitrogen and oxygen atoms in total. The van der Waals surface area contributed by atoms with Gasteiger partial charge >= 0.3 is 5.97 Å². The molecule has 0 spiro atoms. The van der Waals surface area contributed by atoms with Crippen molar-refractivity contribution in [2.24, 2.45) is 5.92 Å². The molecule has 0 aliphatic heterocycles. The Morgan fingerprint density at radius 1 is 1.22 bits per heavy atom. The van der Waals surface area contributed by atoms with E-state index in [0.29, 0.717) is 6.54 Å². The van der Waals surface area contributed by atoms with Crippen LogP contribution in [0.15, 0.2) is 30.3 Å². The van der Waals surface area contributed by atoms with E-state index in [1.165, 1.54) is 0 Å². The van der Waals surface area contributed by atoms with Gasteiger partial charge in [-0.05, 0) is 31.0 Å². The zero-order valence-corrected chi connectivity index (χ0v) is 11.0. The molecule has 0 saturated carbocycles. The lowest BCUT2D eigenvalue weighted by Gasteiger charge is -2.17. The molecule has 1 aromatic rings. The fourth-order valence-corrected chi connectivity index (χ4v) is 1.74. The number of anilines is 1. The first kappa shape index (κ1) is 14.5. The van der Waals surface area contributed by atoms with Crippen molar-refractivity contribution in [1.29, 1.82) is 0 Å². The van der Waals surface area contributed by atoms with Crippen molar-refractivity contribution in [3.63, 3.8) is 0 Å². The fraction of sp³-hybridized carbons (Fsp3) is 0.500. The van der Waals surface area contributed by atoms with Crippen LogP contribution in [0.2, 0.25) is 0 Å². The zero-order chi connectivity index (χ0) is 13.4. The summed E-state index contributed by atoms with van der Waals surface area (Å²) in [6.45, 7) is 5.36. The number of aliphatic carboxylic acids is 1. The van der Waals surface area contributed by atoms with Crippen molar-refractivity contribution in [3.8, 4) is 0 Å². The molecule has 100 valence electrons. The number of benzene rings is 1. The lowest BCUT2D eigenvalue weighted by Crippen LogP contribution is -2.41. The Balaban J connectivity index is 2.17. The van der Waals surface area contributed by atoms with Crippen LogP contribution < -0.4 is 10.6 Å². The van der Waals surface area contributed by atoms with Gasteiger partial charge in [-0.1, -0.05) is 32.0 Å². The maximum absolute atomic E-state index is 10.9. The molecule has 3 N–H and O–H groups in total. The maximum Gasteiger partial charge on any atom is 0.320 e. The predicted octanol–water partition coefficient (Wildman–Crippen LogP) is 2.19. The van der Waals surface area contributed by atoms with Gasteiger partial charge in [0.25, 0.3) is 0 Å². The van der Waals surface area contributed by atoms with E-state index in [1.807, 2.05) is 44.2 Å². The zero-order valence-electron chi connectivity index (χ0n) is 11.0. The molecule has 1 atom stereocenters. The molecule has 1 unspecified atom stereocenters. The molecule has 1 aromatic carbocycles. The standard InChI is InChI=1S/C14H22N2O2/c1-11(2)13(14(17)18)16-10-6-9-15-12-7-4-3-5-8-12/h3-5,7-8,11,13,15-16H,6,9-10H2,1-2H3,(H,17,18). The van der Waals surface area contributed by atoms with Crippen LogP contribution in [0.5, 0.6) is 0 Å². The van der Waals surface area contributed by atoms with Gasteiger partial charge in [-0.2, -0.15) is 0 Å². The normalized spacial score (nSPS) is 12.4. The third-order valence-corrected chi connectivity index (χ3v) is 2.75. The van der Waals surface area contributed by atoms with E-state index in [4.69, 9.17) is 5.11 Å². The summed E-state index contributed by atoms with van der Waals surface area (Å²) in [5.74, 6) is -0.675. The van der Waals surface area contributed by atoms with Gasteiger partial charge in [-0.3, -0.25) is 4.79 Å². The highest BCUT2D eigenvalue weighted by Crippen LogP contribution is 2.05. The second kappa shape index (κ2) is 7.71. The number of carbonyl (C=O) groups is 1. The Morgan fingerprint density at radius 2 is 1.89 bits per heavy atom. The number of carboxylic acid groups (broad SMARTS) is 1. The summed E-state index contributed by atoms with van der Waals surface area (Å²) in [6, 6.07) is 9.53. The molecule has 0 radical (unpaired) electrons. The molecule has 0 aliphatic rings. The van der Waals surface area contributed by atoms with Crippen molar-refractivity contribution in [2.75, 3.05) is 18.4 Å². The highest BCUT2D eigenvalue weighted by Gasteiger charge is 2.19. The number of carboxylic acids is 1. The highest BCUT2D eigenvalue weighted by atomic mass is 16.4. The topological polar surface area (TPSA) is 61.4 Å². The van der Waals surface area contributed by atoms with E-state index >= 15 is 0 Å². The quantitative estimate of drug-likeness (QED) is 0.619. The molecule has 4 heteroatoms. The number of hydrogen-bond acceptors (Lipinski definition) is 3. The van der Waals surface area contributed by atoms with Crippen LogP contribution in [0.3, 0.4) is 0 Å². The summed E-state index contributed by atoms with van der Waals surface area (Å²) >= 11 is 0. The van der Waals surface area contributed by atoms with E-state index in [1.54, 1.807) is 0 Å². The number of nitrogens with one attached hydrogen (secondary N) is 2. The van der Waals surface area contributed by atoms with E-state index in [0.717, 1.165) is 18.7 Å². The molecule has 0 aliphatic carbocycles. The third-order valence-electron chi connectivity index (χ3n) is 2.75. The average molecular weight is 250 g/mol. The molecule has 18 heavy (non-hydrogen) atoms. The molecule has 1 rings (SSSR count). The summed E-state index contributed by atoms with van der Waals surface area (Å²) in [5.41, 5.74) is 1.09. The van der Waals surface area contributed by atoms with E-state index < -0.39 is 12.0 Å². The summed E-state index contributed by atoms with van der Waals surface area (Å²) in [7, 11) is 0. The monoisotopic (exact) mass is 250 g/mol. The van der Waals surface area contributed by atoms with Crippen LogP contribution in [0.1, 0.15) is 20.3 Å². The van der Waals surface area contributed by atoms with E-state index in [2.05, 4.69) is 10.6 Å². The van der Waals surface area contributed by atoms with Crippen molar-refractivity contribution in [1.82, 2.24) is 5.32 Å². The molecular formula is C14H22N2O2. The first-order chi connectivity index (χ1) is 8.61. The molecule has 0 bridgehead atoms. The van der Waals surface area contributed by atoms with Gasteiger partial charge in [0.2, 0.25) is 0 Å². The van der Waals surface area contributed by atoms with Gasteiger partial charge in [0, 0.05) is 12.2 Å². The van der Waals surface area contributed by atoms with Gasteiger partial charge in [0.15, 0.2) is 0 Å². The van der Waals surface area contributed by atoms with Gasteiger partial charge in [0.1, 0.15) is 6.04 Å². The molecule has 0 saturated heterocycles. The van der Waals surface area contributed by atoms with Crippen LogP contribution >= 0.6 is 0 Å². The Morgan fingerprint density at radius 3 is 2.44 bits per heavy atom. The molecule has 0 amide bonds. The molecule has 0 fully saturated rings. The SMILES string of the molecule is CC(C)C(NCCCNc1ccccc1)C(=O)O. The first-order valence-corrected chi connectivity index (χ1v) is 6.36. The summed E-state index contributed by atoms with van der Waals surface area (Å²) in [4.78, 5) is 10.9. The lowest BCUT2D eigenvalue weighted by molar-refractivity contribution is -0.140. The Kier molecular flexibility index (Phi) is 6.22. The second-order valence-electron chi connectivity index (χ2n) is 4.66. The number of hydrogen-bond donors (Lipinski definition) is 3. The number of para-hydroxylation sites is 1. The Hall–Kier alpha value is -1.55. The third kappa shape index (κ3) is 5.19. The lowest BCUT2D eigenvalue weighted by atomic mass is 10.0.